The van der Waals surface area contributed by atoms with E-state index in [1.54, 1.807) is 0 Å². The first-order chi connectivity index (χ1) is 3.27. The Kier molecular flexibility index (Phi) is 2.50. The van der Waals surface area contributed by atoms with Gasteiger partial charge in [0.25, 0.3) is 0 Å². The predicted octanol–water partition coefficient (Wildman–Crippen LogP) is -0.915. The summed E-state index contributed by atoms with van der Waals surface area (Å²) in [7, 11) is 0. The average molecular weight is 101 g/mol. The van der Waals surface area contributed by atoms with Crippen molar-refractivity contribution >= 4 is 6.03 Å². The molecule has 0 atom stereocenters. The van der Waals surface area contributed by atoms with Crippen molar-refractivity contribution in [3.05, 3.63) is 12.4 Å². The van der Waals surface area contributed by atoms with Crippen LogP contribution in [0.2, 0.25) is 0 Å². The van der Waals surface area contributed by atoms with Crippen LogP contribution in [0.15, 0.2) is 12.4 Å². The maximum absolute atomic E-state index is 9.76. The van der Waals surface area contributed by atoms with Crippen LogP contribution in [0.5, 0.6) is 0 Å². The average Bonchev–Trinajstić information content (AvgIpc) is 1.61. The molecule has 5 N–H and O–H groups in total. The molecule has 0 unspecified atom stereocenters. The van der Waals surface area contributed by atoms with E-state index in [0.29, 0.717) is 0 Å². The monoisotopic (exact) mass is 101 g/mol. The van der Waals surface area contributed by atoms with Crippen LogP contribution in [0.3, 0.4) is 0 Å². The maximum atomic E-state index is 9.76. The summed E-state index contributed by atoms with van der Waals surface area (Å²) in [5, 5.41) is 2.13. The Morgan fingerprint density at radius 2 is 2.29 bits per heavy atom. The Bertz CT molecular complexity index is 88.2. The second-order valence-corrected chi connectivity index (χ2v) is 0.868. The van der Waals surface area contributed by atoms with Gasteiger partial charge in [0.05, 0.1) is 0 Å². The fourth-order valence-corrected chi connectivity index (χ4v) is 0.130. The van der Waals surface area contributed by atoms with Crippen LogP contribution < -0.4 is 16.8 Å². The van der Waals surface area contributed by atoms with E-state index in [-0.39, 0.29) is 0 Å². The maximum Gasteiger partial charge on any atom is 0.316 e. The van der Waals surface area contributed by atoms with Gasteiger partial charge in [0, 0.05) is 12.4 Å². The minimum atomic E-state index is -0.610. The highest BCUT2D eigenvalue weighted by molar-refractivity contribution is 5.72. The third-order valence-corrected chi connectivity index (χ3v) is 0.322. The number of urea groups is 1. The zero-order chi connectivity index (χ0) is 5.70. The SMILES string of the molecule is NC=CNC(N)=O. The number of carbonyl (C=O) groups excluding carboxylic acids is 1. The Balaban J connectivity index is 3.14. The van der Waals surface area contributed by atoms with Crippen molar-refractivity contribution in [2.45, 2.75) is 0 Å². The number of primary amides is 1. The van der Waals surface area contributed by atoms with Crippen molar-refractivity contribution in [1.82, 2.24) is 5.32 Å². The number of nitrogens with two attached hydrogens (primary N) is 2. The number of hydrogen-bond acceptors (Lipinski definition) is 2. The molecule has 0 fully saturated rings. The van der Waals surface area contributed by atoms with E-state index in [9.17, 15) is 4.79 Å². The molecule has 0 aliphatic rings. The lowest BCUT2D eigenvalue weighted by Gasteiger charge is -1.85. The van der Waals surface area contributed by atoms with Crippen LogP contribution in [-0.2, 0) is 0 Å². The van der Waals surface area contributed by atoms with Crippen LogP contribution in [0.1, 0.15) is 0 Å². The quantitative estimate of drug-likeness (QED) is 0.399. The second kappa shape index (κ2) is 3.02. The summed E-state index contributed by atoms with van der Waals surface area (Å²) in [4.78, 5) is 9.76. The fourth-order valence-electron chi connectivity index (χ4n) is 0.130. The summed E-state index contributed by atoms with van der Waals surface area (Å²) in [6.07, 6.45) is 2.44. The lowest BCUT2D eigenvalue weighted by molar-refractivity contribution is 0.252. The minimum Gasteiger partial charge on any atom is -0.403 e. The summed E-state index contributed by atoms with van der Waals surface area (Å²) in [5.41, 5.74) is 9.45. The van der Waals surface area contributed by atoms with Gasteiger partial charge >= 0.3 is 6.03 Å². The lowest BCUT2D eigenvalue weighted by atomic mass is 10.9. The van der Waals surface area contributed by atoms with Crippen molar-refractivity contribution < 1.29 is 4.79 Å². The van der Waals surface area contributed by atoms with Gasteiger partial charge in [-0.25, -0.2) is 4.79 Å². The molecule has 0 spiro atoms. The first-order valence-corrected chi connectivity index (χ1v) is 1.70. The molecule has 0 aromatic carbocycles. The highest BCUT2D eigenvalue weighted by Crippen LogP contribution is 1.53. The standard InChI is InChI=1S/C3H7N3O/c4-1-2-6-3(5)7/h1-2H,4H2,(H3,5,6,7). The van der Waals surface area contributed by atoms with Crippen LogP contribution in [0.25, 0.3) is 0 Å². The topological polar surface area (TPSA) is 81.1 Å². The molecule has 0 aromatic heterocycles. The van der Waals surface area contributed by atoms with Crippen molar-refractivity contribution in [2.75, 3.05) is 0 Å². The first kappa shape index (κ1) is 5.81. The molecule has 4 nitrogen and oxygen atoms in total. The Morgan fingerprint density at radius 1 is 1.71 bits per heavy atom. The molecule has 2 amide bonds. The van der Waals surface area contributed by atoms with Crippen LogP contribution in [0.4, 0.5) is 4.79 Å². The van der Waals surface area contributed by atoms with E-state index >= 15 is 0 Å². The number of nitrogens with one attached hydrogen (secondary N) is 1. The molecule has 40 valence electrons. The number of hydrogen-bond donors (Lipinski definition) is 3. The van der Waals surface area contributed by atoms with Gasteiger partial charge in [-0.1, -0.05) is 0 Å². The zero-order valence-corrected chi connectivity index (χ0v) is 3.72. The third-order valence-electron chi connectivity index (χ3n) is 0.322. The Hall–Kier alpha value is -1.19. The molecule has 7 heavy (non-hydrogen) atoms. The molecule has 0 heterocycles. The van der Waals surface area contributed by atoms with Crippen LogP contribution in [0, 0.1) is 0 Å². The summed E-state index contributed by atoms with van der Waals surface area (Å²) in [5.74, 6) is 0. The van der Waals surface area contributed by atoms with E-state index in [2.05, 4.69) is 11.1 Å². The van der Waals surface area contributed by atoms with Gasteiger partial charge in [-0.15, -0.1) is 0 Å². The van der Waals surface area contributed by atoms with Gasteiger partial charge < -0.3 is 16.8 Å². The predicted molar refractivity (Wildman–Crippen MR) is 26.0 cm³/mol. The van der Waals surface area contributed by atoms with Gasteiger partial charge in [0.2, 0.25) is 0 Å². The second-order valence-electron chi connectivity index (χ2n) is 0.868. The van der Waals surface area contributed by atoms with E-state index in [1.807, 2.05) is 0 Å². The van der Waals surface area contributed by atoms with Crippen LogP contribution >= 0.6 is 0 Å². The van der Waals surface area contributed by atoms with Gasteiger partial charge in [-0.05, 0) is 0 Å². The van der Waals surface area contributed by atoms with E-state index in [0.717, 1.165) is 0 Å². The molecular formula is C3H7N3O. The molecule has 0 rings (SSSR count). The molecule has 0 radical (unpaired) electrons. The third kappa shape index (κ3) is 4.81. The highest BCUT2D eigenvalue weighted by Gasteiger charge is 1.77. The molecule has 0 bridgehead atoms. The van der Waals surface area contributed by atoms with Crippen LogP contribution in [-0.4, -0.2) is 6.03 Å². The summed E-state index contributed by atoms with van der Waals surface area (Å²) in [6.45, 7) is 0. The van der Waals surface area contributed by atoms with Crippen molar-refractivity contribution in [3.63, 3.8) is 0 Å². The molecule has 0 saturated carbocycles. The summed E-state index contributed by atoms with van der Waals surface area (Å²) >= 11 is 0. The Labute approximate surface area is 41.2 Å². The van der Waals surface area contributed by atoms with Crippen molar-refractivity contribution in [3.8, 4) is 0 Å². The minimum absolute atomic E-state index is 0.610. The zero-order valence-electron chi connectivity index (χ0n) is 3.72. The number of rotatable bonds is 1. The van der Waals surface area contributed by atoms with Gasteiger partial charge in [0.1, 0.15) is 0 Å². The van der Waals surface area contributed by atoms with E-state index < -0.39 is 6.03 Å². The highest BCUT2D eigenvalue weighted by atomic mass is 16.2. The van der Waals surface area contributed by atoms with Crippen molar-refractivity contribution in [1.29, 1.82) is 0 Å². The summed E-state index contributed by atoms with van der Waals surface area (Å²) in [6, 6.07) is -0.610. The van der Waals surface area contributed by atoms with Gasteiger partial charge in [-0.2, -0.15) is 0 Å². The normalized spacial score (nSPS) is 9.14. The number of amides is 2. The first-order valence-electron chi connectivity index (χ1n) is 1.70. The molecule has 0 saturated heterocycles. The fraction of sp³-hybridized carbons (Fsp3) is 0. The molecule has 0 aliphatic carbocycles. The molecule has 0 aliphatic heterocycles. The lowest BCUT2D eigenvalue weighted by Crippen LogP contribution is -2.24. The molecule has 4 heteroatoms. The van der Waals surface area contributed by atoms with Gasteiger partial charge in [-0.3, -0.25) is 0 Å². The molecule has 0 aromatic rings. The van der Waals surface area contributed by atoms with Crippen molar-refractivity contribution in [2.24, 2.45) is 11.5 Å². The Morgan fingerprint density at radius 3 is 2.43 bits per heavy atom. The summed E-state index contributed by atoms with van der Waals surface area (Å²) < 4.78 is 0. The van der Waals surface area contributed by atoms with E-state index in [1.165, 1.54) is 12.4 Å². The van der Waals surface area contributed by atoms with Gasteiger partial charge in [0.15, 0.2) is 0 Å². The van der Waals surface area contributed by atoms with E-state index in [4.69, 9.17) is 5.73 Å². The smallest absolute Gasteiger partial charge is 0.316 e. The largest absolute Gasteiger partial charge is 0.403 e. The number of carbonyl (C=O) groups is 1. The molecular weight excluding hydrogens is 94.1 g/mol.